The zero-order chi connectivity index (χ0) is 20.4. The number of thiazole rings is 1. The Balaban J connectivity index is 1.40. The minimum Gasteiger partial charge on any atom is -0.353 e. The zero-order valence-corrected chi connectivity index (χ0v) is 17.1. The highest BCUT2D eigenvalue weighted by Gasteiger charge is 2.11. The molecule has 0 radical (unpaired) electrons. The number of aryl methyl sites for hydroxylation is 2. The number of nitrogens with zero attached hydrogens (tertiary/aromatic N) is 4. The Bertz CT molecular complexity index is 1240. The standard InChI is InChI=1S/C21H21N5O2S/c1-14-21(29-15(2)23-14)17-7-8-20(28)26(24-17)12-10-22-19(27)13-25-11-9-16-5-3-4-6-18(16)25/h3-9,11H,10,12-13H2,1-2H3,(H,22,27). The van der Waals surface area contributed by atoms with Gasteiger partial charge >= 0.3 is 0 Å². The molecule has 1 amide bonds. The Morgan fingerprint density at radius 2 is 1.97 bits per heavy atom. The molecule has 8 heteroatoms. The third-order valence-corrected chi connectivity index (χ3v) is 5.74. The number of carbonyl (C=O) groups is 1. The monoisotopic (exact) mass is 407 g/mol. The zero-order valence-electron chi connectivity index (χ0n) is 16.3. The van der Waals surface area contributed by atoms with Crippen LogP contribution in [0.15, 0.2) is 53.5 Å². The average Bonchev–Trinajstić information content (AvgIpc) is 3.26. The van der Waals surface area contributed by atoms with Gasteiger partial charge in [-0.1, -0.05) is 18.2 Å². The number of hydrogen-bond acceptors (Lipinski definition) is 5. The molecule has 0 unspecified atom stereocenters. The summed E-state index contributed by atoms with van der Waals surface area (Å²) in [6.45, 7) is 4.74. The van der Waals surface area contributed by atoms with E-state index in [0.29, 0.717) is 13.1 Å². The number of carbonyl (C=O) groups excluding carboxylic acids is 1. The molecule has 0 spiro atoms. The molecule has 0 aliphatic carbocycles. The SMILES string of the molecule is Cc1nc(C)c(-c2ccc(=O)n(CCNC(=O)Cn3ccc4ccccc43)n2)s1. The fourth-order valence-corrected chi connectivity index (χ4v) is 4.17. The van der Waals surface area contributed by atoms with Crippen molar-refractivity contribution in [2.75, 3.05) is 6.54 Å². The third-order valence-electron chi connectivity index (χ3n) is 4.64. The Kier molecular flexibility index (Phi) is 5.26. The molecule has 29 heavy (non-hydrogen) atoms. The van der Waals surface area contributed by atoms with Crippen LogP contribution >= 0.6 is 11.3 Å². The average molecular weight is 407 g/mol. The van der Waals surface area contributed by atoms with Gasteiger partial charge in [-0.15, -0.1) is 11.3 Å². The van der Waals surface area contributed by atoms with Crippen molar-refractivity contribution in [2.24, 2.45) is 0 Å². The van der Waals surface area contributed by atoms with Crippen molar-refractivity contribution >= 4 is 28.1 Å². The van der Waals surface area contributed by atoms with Crippen LogP contribution in [0.2, 0.25) is 0 Å². The second kappa shape index (κ2) is 8.00. The van der Waals surface area contributed by atoms with Crippen LogP contribution in [-0.2, 0) is 17.9 Å². The summed E-state index contributed by atoms with van der Waals surface area (Å²) >= 11 is 1.55. The molecular weight excluding hydrogens is 386 g/mol. The number of aromatic nitrogens is 4. The summed E-state index contributed by atoms with van der Waals surface area (Å²) in [5, 5.41) is 9.37. The normalized spacial score (nSPS) is 11.1. The highest BCUT2D eigenvalue weighted by atomic mass is 32.1. The summed E-state index contributed by atoms with van der Waals surface area (Å²) in [7, 11) is 0. The lowest BCUT2D eigenvalue weighted by Crippen LogP contribution is -2.33. The van der Waals surface area contributed by atoms with E-state index in [9.17, 15) is 9.59 Å². The number of nitrogens with one attached hydrogen (secondary N) is 1. The highest BCUT2D eigenvalue weighted by molar-refractivity contribution is 7.15. The fourth-order valence-electron chi connectivity index (χ4n) is 3.29. The number of amides is 1. The Labute approximate surface area is 171 Å². The summed E-state index contributed by atoms with van der Waals surface area (Å²) in [4.78, 5) is 29.8. The van der Waals surface area contributed by atoms with Crippen LogP contribution in [0.5, 0.6) is 0 Å². The van der Waals surface area contributed by atoms with Gasteiger partial charge in [0.05, 0.1) is 22.1 Å². The summed E-state index contributed by atoms with van der Waals surface area (Å²) in [6.07, 6.45) is 1.90. The van der Waals surface area contributed by atoms with Crippen LogP contribution < -0.4 is 10.9 Å². The van der Waals surface area contributed by atoms with Crippen LogP contribution in [-0.4, -0.2) is 31.8 Å². The first-order valence-corrected chi connectivity index (χ1v) is 10.2. The maximum atomic E-state index is 12.3. The molecule has 0 saturated carbocycles. The molecular formula is C21H21N5O2S. The lowest BCUT2D eigenvalue weighted by molar-refractivity contribution is -0.121. The van der Waals surface area contributed by atoms with E-state index in [-0.39, 0.29) is 18.0 Å². The molecule has 3 heterocycles. The second-order valence-corrected chi connectivity index (χ2v) is 7.98. The Morgan fingerprint density at radius 3 is 2.76 bits per heavy atom. The van der Waals surface area contributed by atoms with Crippen molar-refractivity contribution in [3.05, 3.63) is 69.7 Å². The molecule has 1 N–H and O–H groups in total. The topological polar surface area (TPSA) is 81.8 Å². The number of benzene rings is 1. The van der Waals surface area contributed by atoms with Crippen LogP contribution in [0.3, 0.4) is 0 Å². The van der Waals surface area contributed by atoms with Crippen molar-refractivity contribution in [1.29, 1.82) is 0 Å². The molecule has 7 nitrogen and oxygen atoms in total. The first kappa shape index (κ1) is 19.1. The molecule has 148 valence electrons. The van der Waals surface area contributed by atoms with Crippen LogP contribution in [0.1, 0.15) is 10.7 Å². The van der Waals surface area contributed by atoms with Crippen molar-refractivity contribution in [3.63, 3.8) is 0 Å². The van der Waals surface area contributed by atoms with Gasteiger partial charge in [0.15, 0.2) is 0 Å². The van der Waals surface area contributed by atoms with E-state index in [2.05, 4.69) is 15.4 Å². The Hall–Kier alpha value is -3.26. The molecule has 0 saturated heterocycles. The van der Waals surface area contributed by atoms with E-state index >= 15 is 0 Å². The first-order chi connectivity index (χ1) is 14.0. The molecule has 1 aromatic carbocycles. The van der Waals surface area contributed by atoms with Gasteiger partial charge in [-0.05, 0) is 37.4 Å². The summed E-state index contributed by atoms with van der Waals surface area (Å²) in [5.74, 6) is -0.107. The van der Waals surface area contributed by atoms with Gasteiger partial charge in [-0.25, -0.2) is 9.67 Å². The quantitative estimate of drug-likeness (QED) is 0.533. The number of hydrogen-bond donors (Lipinski definition) is 1. The van der Waals surface area contributed by atoms with Gasteiger partial charge in [-0.2, -0.15) is 5.10 Å². The third kappa shape index (κ3) is 4.12. The van der Waals surface area contributed by atoms with E-state index in [0.717, 1.165) is 32.2 Å². The van der Waals surface area contributed by atoms with Gasteiger partial charge in [0, 0.05) is 24.3 Å². The van der Waals surface area contributed by atoms with Crippen molar-refractivity contribution in [1.82, 2.24) is 24.6 Å². The van der Waals surface area contributed by atoms with E-state index in [1.54, 1.807) is 17.4 Å². The number of para-hydroxylation sites is 1. The van der Waals surface area contributed by atoms with Crippen LogP contribution in [0.25, 0.3) is 21.5 Å². The van der Waals surface area contributed by atoms with Crippen molar-refractivity contribution in [3.8, 4) is 10.6 Å². The molecule has 0 aliphatic rings. The molecule has 0 atom stereocenters. The van der Waals surface area contributed by atoms with Gasteiger partial charge in [-0.3, -0.25) is 9.59 Å². The smallest absolute Gasteiger partial charge is 0.266 e. The molecule has 4 aromatic rings. The second-order valence-electron chi connectivity index (χ2n) is 6.78. The predicted molar refractivity (Wildman–Crippen MR) is 114 cm³/mol. The van der Waals surface area contributed by atoms with E-state index in [1.165, 1.54) is 10.7 Å². The molecule has 4 rings (SSSR count). The summed E-state index contributed by atoms with van der Waals surface area (Å²) in [5.41, 5.74) is 2.44. The molecule has 0 aliphatic heterocycles. The van der Waals surface area contributed by atoms with Crippen molar-refractivity contribution in [2.45, 2.75) is 26.9 Å². The van der Waals surface area contributed by atoms with Gasteiger partial charge in [0.1, 0.15) is 12.2 Å². The van der Waals surface area contributed by atoms with E-state index < -0.39 is 0 Å². The Morgan fingerprint density at radius 1 is 1.14 bits per heavy atom. The van der Waals surface area contributed by atoms with Crippen LogP contribution in [0, 0.1) is 13.8 Å². The summed E-state index contributed by atoms with van der Waals surface area (Å²) in [6, 6.07) is 13.1. The van der Waals surface area contributed by atoms with Crippen molar-refractivity contribution < 1.29 is 4.79 Å². The lowest BCUT2D eigenvalue weighted by atomic mass is 10.2. The van der Waals surface area contributed by atoms with Gasteiger partial charge in [0.2, 0.25) is 5.91 Å². The minimum atomic E-state index is -0.196. The highest BCUT2D eigenvalue weighted by Crippen LogP contribution is 2.27. The number of fused-ring (bicyclic) bond motifs is 1. The predicted octanol–water partition coefficient (Wildman–Crippen LogP) is 2.75. The lowest BCUT2D eigenvalue weighted by Gasteiger charge is -2.09. The van der Waals surface area contributed by atoms with Gasteiger partial charge < -0.3 is 9.88 Å². The van der Waals surface area contributed by atoms with E-state index in [1.807, 2.05) is 54.9 Å². The maximum absolute atomic E-state index is 12.3. The summed E-state index contributed by atoms with van der Waals surface area (Å²) < 4.78 is 3.29. The molecule has 3 aromatic heterocycles. The maximum Gasteiger partial charge on any atom is 0.266 e. The minimum absolute atomic E-state index is 0.107. The number of rotatable bonds is 6. The van der Waals surface area contributed by atoms with E-state index in [4.69, 9.17) is 0 Å². The molecule has 0 bridgehead atoms. The fraction of sp³-hybridized carbons (Fsp3) is 0.238. The molecule has 0 fully saturated rings. The largest absolute Gasteiger partial charge is 0.353 e. The van der Waals surface area contributed by atoms with Crippen LogP contribution in [0.4, 0.5) is 0 Å². The van der Waals surface area contributed by atoms with Gasteiger partial charge in [0.25, 0.3) is 5.56 Å². The first-order valence-electron chi connectivity index (χ1n) is 9.34.